The monoisotopic (exact) mass is 366 g/mol. The van der Waals surface area contributed by atoms with Crippen molar-refractivity contribution in [2.45, 2.75) is 12.5 Å². The van der Waals surface area contributed by atoms with Gasteiger partial charge in [0.25, 0.3) is 0 Å². The fourth-order valence-corrected chi connectivity index (χ4v) is 4.30. The summed E-state index contributed by atoms with van der Waals surface area (Å²) >= 11 is 2.94. The van der Waals surface area contributed by atoms with Gasteiger partial charge < -0.3 is 9.84 Å². The largest absolute Gasteiger partial charge is 0.493 e. The van der Waals surface area contributed by atoms with Gasteiger partial charge in [-0.1, -0.05) is 0 Å². The van der Waals surface area contributed by atoms with Crippen LogP contribution < -0.4 is 10.6 Å². The number of carbonyl (C=O) groups is 1. The van der Waals surface area contributed by atoms with Crippen LogP contribution in [0.1, 0.15) is 11.4 Å². The van der Waals surface area contributed by atoms with Gasteiger partial charge in [-0.25, -0.2) is 9.78 Å². The Morgan fingerprint density at radius 1 is 1.54 bits per heavy atom. The summed E-state index contributed by atoms with van der Waals surface area (Å²) in [5, 5.41) is 12.1. The molecule has 1 aromatic carbocycles. The number of hydrazine groups is 1. The first kappa shape index (κ1) is 17.2. The molecule has 3 rings (SSSR count). The minimum absolute atomic E-state index is 0.463. The zero-order valence-corrected chi connectivity index (χ0v) is 14.8. The van der Waals surface area contributed by atoms with Crippen LogP contribution >= 0.6 is 23.1 Å². The standard InChI is InChI=1S/C15H18N4O3S2/c1-19(16)5-2-6-22-9-3-4-10-12(7-9)24-14(17-10)13-18-11(8-23-13)15(20)21/h3-4,7,11H,2,5-6,8,16H2,1H3,(H,20,21). The molecule has 0 spiro atoms. The van der Waals surface area contributed by atoms with Gasteiger partial charge in [-0.05, 0) is 24.6 Å². The number of hydrogen-bond acceptors (Lipinski definition) is 8. The molecule has 2 aromatic rings. The van der Waals surface area contributed by atoms with Gasteiger partial charge in [-0.15, -0.1) is 23.1 Å². The molecule has 0 radical (unpaired) electrons. The third kappa shape index (κ3) is 4.04. The van der Waals surface area contributed by atoms with Crippen LogP contribution in [0, 0.1) is 0 Å². The third-order valence-electron chi connectivity index (χ3n) is 3.40. The normalized spacial score (nSPS) is 17.5. The molecular weight excluding hydrogens is 348 g/mol. The van der Waals surface area contributed by atoms with Gasteiger partial charge in [-0.3, -0.25) is 15.8 Å². The fourth-order valence-electron chi connectivity index (χ4n) is 2.21. The summed E-state index contributed by atoms with van der Waals surface area (Å²) in [6.45, 7) is 1.37. The lowest BCUT2D eigenvalue weighted by molar-refractivity contribution is -0.137. The van der Waals surface area contributed by atoms with Crippen LogP contribution in [0.5, 0.6) is 5.75 Å². The average molecular weight is 366 g/mol. The molecule has 1 aromatic heterocycles. The Morgan fingerprint density at radius 3 is 3.08 bits per heavy atom. The maximum atomic E-state index is 11.0. The quantitative estimate of drug-likeness (QED) is 0.438. The molecule has 0 saturated heterocycles. The van der Waals surface area contributed by atoms with Crippen molar-refractivity contribution >= 4 is 44.3 Å². The van der Waals surface area contributed by atoms with Crippen molar-refractivity contribution in [1.29, 1.82) is 0 Å². The lowest BCUT2D eigenvalue weighted by Gasteiger charge is -2.10. The summed E-state index contributed by atoms with van der Waals surface area (Å²) in [4.78, 5) is 19.8. The molecule has 0 saturated carbocycles. The number of thiazole rings is 1. The molecule has 3 N–H and O–H groups in total. The van der Waals surface area contributed by atoms with Crippen molar-refractivity contribution in [3.8, 4) is 5.75 Å². The molecule has 1 atom stereocenters. The highest BCUT2D eigenvalue weighted by molar-refractivity contribution is 8.15. The number of hydrogen-bond donors (Lipinski definition) is 2. The van der Waals surface area contributed by atoms with Crippen molar-refractivity contribution in [1.82, 2.24) is 9.99 Å². The number of aliphatic imine (C=N–C) groups is 1. The minimum Gasteiger partial charge on any atom is -0.493 e. The number of nitrogens with zero attached hydrogens (tertiary/aromatic N) is 3. The first-order valence-electron chi connectivity index (χ1n) is 7.46. The van der Waals surface area contributed by atoms with Crippen LogP contribution in [0.3, 0.4) is 0 Å². The Labute approximate surface area is 147 Å². The Morgan fingerprint density at radius 2 is 2.38 bits per heavy atom. The van der Waals surface area contributed by atoms with Crippen molar-refractivity contribution in [2.75, 3.05) is 26.0 Å². The zero-order valence-electron chi connectivity index (χ0n) is 13.1. The van der Waals surface area contributed by atoms with E-state index in [1.54, 1.807) is 5.01 Å². The molecule has 1 aliphatic rings. The number of rotatable bonds is 7. The van der Waals surface area contributed by atoms with Crippen molar-refractivity contribution in [3.63, 3.8) is 0 Å². The smallest absolute Gasteiger partial charge is 0.329 e. The van der Waals surface area contributed by atoms with Crippen LogP contribution in [0.2, 0.25) is 0 Å². The van der Waals surface area contributed by atoms with E-state index in [0.29, 0.717) is 17.4 Å². The fraction of sp³-hybridized carbons (Fsp3) is 0.400. The van der Waals surface area contributed by atoms with E-state index in [0.717, 1.165) is 33.9 Å². The average Bonchev–Trinajstić information content (AvgIpc) is 3.17. The molecule has 0 amide bonds. The van der Waals surface area contributed by atoms with E-state index in [4.69, 9.17) is 15.7 Å². The highest BCUT2D eigenvalue weighted by atomic mass is 32.2. The van der Waals surface area contributed by atoms with E-state index in [2.05, 4.69) is 9.98 Å². The van der Waals surface area contributed by atoms with E-state index in [1.165, 1.54) is 23.1 Å². The maximum absolute atomic E-state index is 11.0. The van der Waals surface area contributed by atoms with E-state index >= 15 is 0 Å². The van der Waals surface area contributed by atoms with Gasteiger partial charge in [0.05, 0.1) is 16.8 Å². The van der Waals surface area contributed by atoms with E-state index in [-0.39, 0.29) is 0 Å². The molecular formula is C15H18N4O3S2. The second kappa shape index (κ2) is 7.47. The van der Waals surface area contributed by atoms with Crippen LogP contribution in [-0.2, 0) is 4.79 Å². The Bertz CT molecular complexity index is 775. The Hall–Kier alpha value is -1.68. The molecule has 128 valence electrons. The predicted octanol–water partition coefficient (Wildman–Crippen LogP) is 1.82. The Balaban J connectivity index is 1.70. The molecule has 24 heavy (non-hydrogen) atoms. The molecule has 0 bridgehead atoms. The number of carboxylic acid groups (broad SMARTS) is 1. The molecule has 1 aliphatic heterocycles. The van der Waals surface area contributed by atoms with E-state index in [1.807, 2.05) is 25.2 Å². The molecule has 7 nitrogen and oxygen atoms in total. The highest BCUT2D eigenvalue weighted by Gasteiger charge is 2.26. The number of aliphatic carboxylic acids is 1. The van der Waals surface area contributed by atoms with Crippen LogP contribution in [0.4, 0.5) is 0 Å². The van der Waals surface area contributed by atoms with Gasteiger partial charge in [0.1, 0.15) is 15.8 Å². The second-order valence-corrected chi connectivity index (χ2v) is 7.47. The maximum Gasteiger partial charge on any atom is 0.329 e. The topological polar surface area (TPSA) is 101 Å². The number of fused-ring (bicyclic) bond motifs is 1. The second-order valence-electron chi connectivity index (χ2n) is 5.43. The molecule has 0 aliphatic carbocycles. The van der Waals surface area contributed by atoms with Gasteiger partial charge >= 0.3 is 5.97 Å². The zero-order chi connectivity index (χ0) is 17.1. The summed E-state index contributed by atoms with van der Waals surface area (Å²) in [5.41, 5.74) is 0.867. The molecule has 2 heterocycles. The number of thioether (sulfide) groups is 1. The molecule has 0 fully saturated rings. The summed E-state index contributed by atoms with van der Waals surface area (Å²) in [6, 6.07) is 5.09. The minimum atomic E-state index is -0.891. The summed E-state index contributed by atoms with van der Waals surface area (Å²) in [7, 11) is 1.82. The number of benzene rings is 1. The van der Waals surface area contributed by atoms with Crippen LogP contribution in [0.25, 0.3) is 10.2 Å². The van der Waals surface area contributed by atoms with Gasteiger partial charge in [0.2, 0.25) is 0 Å². The van der Waals surface area contributed by atoms with E-state index in [9.17, 15) is 4.79 Å². The SMILES string of the molecule is CN(N)CCCOc1ccc2nc(C3=NC(C(=O)O)CS3)sc2c1. The van der Waals surface area contributed by atoms with Gasteiger partial charge in [0.15, 0.2) is 6.04 Å². The molecule has 9 heteroatoms. The van der Waals surface area contributed by atoms with Crippen molar-refractivity contribution < 1.29 is 14.6 Å². The van der Waals surface area contributed by atoms with Crippen molar-refractivity contribution in [2.24, 2.45) is 10.8 Å². The summed E-state index contributed by atoms with van der Waals surface area (Å²) in [5.74, 6) is 5.92. The predicted molar refractivity (Wildman–Crippen MR) is 97.0 cm³/mol. The number of ether oxygens (including phenoxy) is 1. The summed E-state index contributed by atoms with van der Waals surface area (Å²) < 4.78 is 6.73. The number of carboxylic acids is 1. The van der Waals surface area contributed by atoms with E-state index < -0.39 is 12.0 Å². The first-order valence-corrected chi connectivity index (χ1v) is 9.26. The number of nitrogens with two attached hydrogens (primary N) is 1. The highest BCUT2D eigenvalue weighted by Crippen LogP contribution is 2.31. The van der Waals surface area contributed by atoms with Crippen molar-refractivity contribution in [3.05, 3.63) is 23.2 Å². The summed E-state index contributed by atoms with van der Waals surface area (Å²) in [6.07, 6.45) is 0.850. The third-order valence-corrected chi connectivity index (χ3v) is 5.61. The van der Waals surface area contributed by atoms with Gasteiger partial charge in [-0.2, -0.15) is 0 Å². The van der Waals surface area contributed by atoms with Gasteiger partial charge in [0, 0.05) is 19.3 Å². The Kier molecular flexibility index (Phi) is 5.34. The lowest BCUT2D eigenvalue weighted by atomic mass is 10.3. The molecule has 1 unspecified atom stereocenters. The number of aromatic nitrogens is 1. The van der Waals surface area contributed by atoms with Crippen LogP contribution in [-0.4, -0.2) is 58.1 Å². The van der Waals surface area contributed by atoms with Crippen LogP contribution in [0.15, 0.2) is 23.2 Å². The lowest BCUT2D eigenvalue weighted by Crippen LogP contribution is -2.27. The first-order chi connectivity index (χ1) is 11.5.